The van der Waals surface area contributed by atoms with Gasteiger partial charge >= 0.3 is 5.97 Å². The molecule has 6 rings (SSSR count). The Kier molecular flexibility index (Phi) is 7.61. The molecule has 2 unspecified atom stereocenters. The fourth-order valence-corrected chi connectivity index (χ4v) is 7.77. The number of ether oxygens (including phenoxy) is 4. The highest BCUT2D eigenvalue weighted by Crippen LogP contribution is 2.62. The number of fused-ring (bicyclic) bond motifs is 6. The normalized spacial score (nSPS) is 26.4. The van der Waals surface area contributed by atoms with Gasteiger partial charge in [0, 0.05) is 11.1 Å². The molecule has 3 aromatic carbocycles. The van der Waals surface area contributed by atoms with E-state index in [1.165, 1.54) is 0 Å². The summed E-state index contributed by atoms with van der Waals surface area (Å²) in [4.78, 5) is 14.1. The summed E-state index contributed by atoms with van der Waals surface area (Å²) in [6, 6.07) is 0. The van der Waals surface area contributed by atoms with E-state index in [4.69, 9.17) is 18.9 Å². The van der Waals surface area contributed by atoms with Crippen molar-refractivity contribution in [3.8, 4) is 17.2 Å². The summed E-state index contributed by atoms with van der Waals surface area (Å²) in [5, 5.41) is 41.3. The van der Waals surface area contributed by atoms with Crippen molar-refractivity contribution in [1.29, 1.82) is 0 Å². The Morgan fingerprint density at radius 1 is 0.609 bits per heavy atom. The highest BCUT2D eigenvalue weighted by molar-refractivity contribution is 6.00. The summed E-state index contributed by atoms with van der Waals surface area (Å²) in [5.74, 6) is 1.06. The summed E-state index contributed by atoms with van der Waals surface area (Å²) in [6.45, 7) is 21.4. The van der Waals surface area contributed by atoms with Crippen LogP contribution in [0, 0.1) is 76.2 Å². The molecular formula is C37H44O9. The molecule has 3 aromatic rings. The lowest BCUT2D eigenvalue weighted by molar-refractivity contribution is -0.277. The molecule has 1 spiro atoms. The van der Waals surface area contributed by atoms with Crippen molar-refractivity contribution in [2.75, 3.05) is 6.61 Å². The van der Waals surface area contributed by atoms with Gasteiger partial charge < -0.3 is 39.4 Å². The van der Waals surface area contributed by atoms with Crippen molar-refractivity contribution in [2.45, 2.75) is 112 Å². The molecule has 0 saturated carbocycles. The second-order valence-electron chi connectivity index (χ2n) is 13.4. The average molecular weight is 633 g/mol. The third-order valence-electron chi connectivity index (χ3n) is 11.3. The zero-order valence-corrected chi connectivity index (χ0v) is 28.4. The van der Waals surface area contributed by atoms with Crippen LogP contribution in [-0.2, 0) is 15.1 Å². The molecule has 1 fully saturated rings. The molecule has 46 heavy (non-hydrogen) atoms. The summed E-state index contributed by atoms with van der Waals surface area (Å²) < 4.78 is 25.6. The van der Waals surface area contributed by atoms with Gasteiger partial charge in [0.25, 0.3) is 0 Å². The van der Waals surface area contributed by atoms with Gasteiger partial charge in [-0.3, -0.25) is 0 Å². The fraction of sp³-hybridized carbons (Fsp3) is 0.486. The van der Waals surface area contributed by atoms with Crippen LogP contribution in [-0.4, -0.2) is 63.7 Å². The fourth-order valence-electron chi connectivity index (χ4n) is 7.77. The number of esters is 1. The first-order valence-electron chi connectivity index (χ1n) is 15.8. The topological polar surface area (TPSA) is 135 Å². The van der Waals surface area contributed by atoms with Crippen LogP contribution in [0.1, 0.15) is 88.2 Å². The Hall–Kier alpha value is -3.47. The van der Waals surface area contributed by atoms with E-state index in [9.17, 15) is 25.2 Å². The number of benzene rings is 3. The molecule has 9 nitrogen and oxygen atoms in total. The number of hydrogen-bond acceptors (Lipinski definition) is 9. The van der Waals surface area contributed by atoms with Crippen molar-refractivity contribution in [1.82, 2.24) is 0 Å². The van der Waals surface area contributed by atoms with Gasteiger partial charge in [0.2, 0.25) is 6.29 Å². The Labute approximate surface area is 269 Å². The van der Waals surface area contributed by atoms with Crippen molar-refractivity contribution in [2.24, 2.45) is 0 Å². The largest absolute Gasteiger partial charge is 0.461 e. The maximum atomic E-state index is 14.1. The van der Waals surface area contributed by atoms with Gasteiger partial charge in [0.15, 0.2) is 5.60 Å². The van der Waals surface area contributed by atoms with E-state index in [0.717, 1.165) is 61.2 Å². The quantitative estimate of drug-likeness (QED) is 0.300. The lowest BCUT2D eigenvalue weighted by Gasteiger charge is -2.43. The van der Waals surface area contributed by atoms with Gasteiger partial charge in [-0.2, -0.15) is 0 Å². The lowest BCUT2D eigenvalue weighted by Crippen LogP contribution is -2.60. The summed E-state index contributed by atoms with van der Waals surface area (Å²) in [7, 11) is 0. The SMILES string of the molecule is Cc1c(C)c(C)c2c(c1C)Oc1c(C)c(O[C@H]3OC(CO)[C@@H](O)[C@H](O)[C@H]3O)c(C)c(C)c1C21OC(=O)c2c(C)c(C)c(C)c(C)c21. The second kappa shape index (κ2) is 10.8. The Morgan fingerprint density at radius 2 is 1.11 bits per heavy atom. The highest BCUT2D eigenvalue weighted by Gasteiger charge is 2.58. The van der Waals surface area contributed by atoms with Crippen LogP contribution in [0.25, 0.3) is 0 Å². The van der Waals surface area contributed by atoms with Gasteiger partial charge in [-0.25, -0.2) is 4.79 Å². The lowest BCUT2D eigenvalue weighted by atomic mass is 9.69. The molecule has 0 bridgehead atoms. The first-order valence-corrected chi connectivity index (χ1v) is 15.8. The third-order valence-corrected chi connectivity index (χ3v) is 11.3. The van der Waals surface area contributed by atoms with E-state index < -0.39 is 42.9 Å². The van der Waals surface area contributed by atoms with E-state index in [2.05, 4.69) is 27.7 Å². The molecule has 3 heterocycles. The minimum atomic E-state index is -1.59. The molecule has 3 aliphatic rings. The first-order chi connectivity index (χ1) is 21.5. The Bertz CT molecular complexity index is 1840. The molecule has 3 aliphatic heterocycles. The zero-order chi connectivity index (χ0) is 33.9. The molecule has 4 N–H and O–H groups in total. The van der Waals surface area contributed by atoms with Crippen molar-refractivity contribution < 1.29 is 44.2 Å². The van der Waals surface area contributed by atoms with Crippen molar-refractivity contribution in [3.63, 3.8) is 0 Å². The van der Waals surface area contributed by atoms with Gasteiger partial charge in [-0.05, 0) is 132 Å². The van der Waals surface area contributed by atoms with Crippen LogP contribution >= 0.6 is 0 Å². The highest BCUT2D eigenvalue weighted by atomic mass is 16.7. The van der Waals surface area contributed by atoms with Crippen LogP contribution in [0.5, 0.6) is 17.2 Å². The minimum Gasteiger partial charge on any atom is -0.461 e. The van der Waals surface area contributed by atoms with Gasteiger partial charge in [-0.15, -0.1) is 0 Å². The summed E-state index contributed by atoms with van der Waals surface area (Å²) in [6.07, 6.45) is -7.20. The Morgan fingerprint density at radius 3 is 1.70 bits per heavy atom. The maximum Gasteiger partial charge on any atom is 0.340 e. The number of hydrogen-bond donors (Lipinski definition) is 4. The van der Waals surface area contributed by atoms with Crippen LogP contribution in [0.2, 0.25) is 0 Å². The minimum absolute atomic E-state index is 0.356. The number of aliphatic hydroxyl groups excluding tert-OH is 4. The number of carbonyl (C=O) groups excluding carboxylic acids is 1. The van der Waals surface area contributed by atoms with Crippen molar-refractivity contribution >= 4 is 5.97 Å². The number of rotatable bonds is 3. The molecule has 0 aliphatic carbocycles. The van der Waals surface area contributed by atoms with E-state index in [1.54, 1.807) is 0 Å². The molecule has 6 atom stereocenters. The first kappa shape index (κ1) is 32.5. The maximum absolute atomic E-state index is 14.1. The number of aliphatic hydroxyl groups is 4. The van der Waals surface area contributed by atoms with Crippen LogP contribution in [0.4, 0.5) is 0 Å². The van der Waals surface area contributed by atoms with Crippen LogP contribution in [0.3, 0.4) is 0 Å². The predicted octanol–water partition coefficient (Wildman–Crippen LogP) is 4.83. The molecular weight excluding hydrogens is 588 g/mol. The third kappa shape index (κ3) is 4.02. The molecule has 0 aromatic heterocycles. The predicted molar refractivity (Wildman–Crippen MR) is 171 cm³/mol. The van der Waals surface area contributed by atoms with E-state index >= 15 is 0 Å². The molecule has 9 heteroatoms. The van der Waals surface area contributed by atoms with Gasteiger partial charge in [0.05, 0.1) is 23.3 Å². The van der Waals surface area contributed by atoms with E-state index in [0.29, 0.717) is 39.5 Å². The van der Waals surface area contributed by atoms with E-state index in [-0.39, 0.29) is 5.97 Å². The van der Waals surface area contributed by atoms with Gasteiger partial charge in [-0.1, -0.05) is 0 Å². The molecule has 1 saturated heterocycles. The van der Waals surface area contributed by atoms with E-state index in [1.807, 2.05) is 48.5 Å². The smallest absolute Gasteiger partial charge is 0.340 e. The molecule has 0 amide bonds. The average Bonchev–Trinajstić information content (AvgIpc) is 3.33. The monoisotopic (exact) mass is 632 g/mol. The Balaban J connectivity index is 1.69. The van der Waals surface area contributed by atoms with Gasteiger partial charge in [0.1, 0.15) is 41.7 Å². The zero-order valence-electron chi connectivity index (χ0n) is 28.4. The summed E-state index contributed by atoms with van der Waals surface area (Å²) >= 11 is 0. The molecule has 246 valence electrons. The second-order valence-corrected chi connectivity index (χ2v) is 13.4. The van der Waals surface area contributed by atoms with Crippen molar-refractivity contribution in [3.05, 3.63) is 83.5 Å². The number of carbonyl (C=O) groups is 1. The summed E-state index contributed by atoms with van der Waals surface area (Å²) in [5.41, 5.74) is 11.7. The standard InChI is InChI=1S/C37H44O9/c1-13-14(2)18(6)26-25(17(13)5)35(42)46-37(26)27-19(7)15(3)16(4)21(9)33(27)44-34-23(11)32(22(10)20(8)28(34)37)45-36-31(41)30(40)29(39)24(12-38)43-36/h24,29-31,36,38-41H,12H2,1-11H3/t24?,29-,30+,31-,36-,37?/m1/s1. The van der Waals surface area contributed by atoms with Crippen LogP contribution < -0.4 is 9.47 Å². The van der Waals surface area contributed by atoms with Crippen LogP contribution in [0.15, 0.2) is 0 Å². The molecule has 0 radical (unpaired) electrons.